The zero-order valence-corrected chi connectivity index (χ0v) is 12.6. The number of furan rings is 2. The van der Waals surface area contributed by atoms with Gasteiger partial charge in [0.1, 0.15) is 17.6 Å². The third-order valence-corrected chi connectivity index (χ3v) is 3.43. The van der Waals surface area contributed by atoms with E-state index < -0.39 is 6.10 Å². The number of aliphatic hydroxyl groups excluding tert-OH is 1. The second-order valence-corrected chi connectivity index (χ2v) is 5.48. The van der Waals surface area contributed by atoms with E-state index in [1.165, 1.54) is 0 Å². The van der Waals surface area contributed by atoms with Crippen LogP contribution in [0.2, 0.25) is 0 Å². The van der Waals surface area contributed by atoms with Gasteiger partial charge in [0.05, 0.1) is 12.3 Å². The number of aliphatic hydroxyl groups is 1. The van der Waals surface area contributed by atoms with Gasteiger partial charge in [-0.2, -0.15) is 0 Å². The van der Waals surface area contributed by atoms with Crippen LogP contribution in [0.4, 0.5) is 0 Å². The summed E-state index contributed by atoms with van der Waals surface area (Å²) in [5.74, 6) is 1.47. The van der Waals surface area contributed by atoms with Gasteiger partial charge < -0.3 is 19.3 Å². The molecule has 0 bridgehead atoms. The molecule has 2 aromatic rings. The predicted octanol–water partition coefficient (Wildman–Crippen LogP) is 3.80. The van der Waals surface area contributed by atoms with E-state index in [9.17, 15) is 5.11 Å². The van der Waals surface area contributed by atoms with Crippen molar-refractivity contribution in [2.24, 2.45) is 0 Å². The highest BCUT2D eigenvalue weighted by molar-refractivity contribution is 9.10. The maximum Gasteiger partial charge on any atom is 0.169 e. The van der Waals surface area contributed by atoms with Crippen LogP contribution in [0.25, 0.3) is 0 Å². The number of rotatable bonds is 6. The zero-order valence-electron chi connectivity index (χ0n) is 11.0. The third-order valence-electron chi connectivity index (χ3n) is 3.00. The summed E-state index contributed by atoms with van der Waals surface area (Å²) in [6.45, 7) is 4.06. The summed E-state index contributed by atoms with van der Waals surface area (Å²) in [5.41, 5.74) is 0. The molecular formula is C14H18BrNO3. The molecule has 0 fully saturated rings. The molecule has 0 spiro atoms. The SMILES string of the molecule is C[C@H](C[C@@H](O)c1ccco1)N[C@H](C)c1ccc(Br)o1. The van der Waals surface area contributed by atoms with Gasteiger partial charge in [-0.05, 0) is 60.5 Å². The van der Waals surface area contributed by atoms with Gasteiger partial charge in [0.2, 0.25) is 0 Å². The fourth-order valence-electron chi connectivity index (χ4n) is 2.07. The van der Waals surface area contributed by atoms with Crippen LogP contribution in [0.3, 0.4) is 0 Å². The minimum absolute atomic E-state index is 0.0881. The highest BCUT2D eigenvalue weighted by atomic mass is 79.9. The Morgan fingerprint density at radius 1 is 1.26 bits per heavy atom. The standard InChI is InChI=1S/C14H18BrNO3/c1-9(8-11(17)13-4-3-7-18-13)16-10(2)12-5-6-14(15)19-12/h3-7,9-11,16-17H,8H2,1-2H3/t9-,10-,11-/m1/s1. The first-order valence-corrected chi connectivity index (χ1v) is 7.08. The fraction of sp³-hybridized carbons (Fsp3) is 0.429. The van der Waals surface area contributed by atoms with Crippen LogP contribution in [0, 0.1) is 0 Å². The second kappa shape index (κ2) is 6.41. The highest BCUT2D eigenvalue weighted by Crippen LogP contribution is 2.23. The summed E-state index contributed by atoms with van der Waals surface area (Å²) in [6, 6.07) is 7.58. The Balaban J connectivity index is 1.85. The average Bonchev–Trinajstić information content (AvgIpc) is 2.98. The molecule has 0 aromatic carbocycles. The smallest absolute Gasteiger partial charge is 0.169 e. The van der Waals surface area contributed by atoms with Crippen LogP contribution in [-0.2, 0) is 0 Å². The first-order valence-electron chi connectivity index (χ1n) is 6.29. The van der Waals surface area contributed by atoms with Crippen LogP contribution >= 0.6 is 15.9 Å². The van der Waals surface area contributed by atoms with Gasteiger partial charge in [0, 0.05) is 6.04 Å². The van der Waals surface area contributed by atoms with E-state index in [4.69, 9.17) is 8.83 Å². The Labute approximate surface area is 120 Å². The van der Waals surface area contributed by atoms with Crippen LogP contribution < -0.4 is 5.32 Å². The summed E-state index contributed by atoms with van der Waals surface area (Å²) in [5, 5.41) is 13.4. The lowest BCUT2D eigenvalue weighted by molar-refractivity contribution is 0.126. The predicted molar refractivity (Wildman–Crippen MR) is 75.7 cm³/mol. The second-order valence-electron chi connectivity index (χ2n) is 4.70. The van der Waals surface area contributed by atoms with E-state index in [0.29, 0.717) is 12.2 Å². The lowest BCUT2D eigenvalue weighted by Crippen LogP contribution is -2.30. The van der Waals surface area contributed by atoms with Crippen LogP contribution in [-0.4, -0.2) is 11.1 Å². The number of hydrogen-bond acceptors (Lipinski definition) is 4. The maximum absolute atomic E-state index is 10.0. The average molecular weight is 328 g/mol. The van der Waals surface area contributed by atoms with Crippen molar-refractivity contribution in [1.82, 2.24) is 5.32 Å². The van der Waals surface area contributed by atoms with Crippen LogP contribution in [0.15, 0.2) is 44.0 Å². The van der Waals surface area contributed by atoms with E-state index in [1.807, 2.05) is 26.0 Å². The van der Waals surface area contributed by atoms with Crippen molar-refractivity contribution >= 4 is 15.9 Å². The van der Waals surface area contributed by atoms with Crippen LogP contribution in [0.1, 0.15) is 43.9 Å². The molecule has 0 amide bonds. The van der Waals surface area contributed by atoms with Gasteiger partial charge in [0.15, 0.2) is 4.67 Å². The molecule has 0 saturated carbocycles. The molecule has 0 aliphatic carbocycles. The molecule has 3 atom stereocenters. The van der Waals surface area contributed by atoms with Gasteiger partial charge >= 0.3 is 0 Å². The molecule has 2 aromatic heterocycles. The van der Waals surface area contributed by atoms with Gasteiger partial charge in [0.25, 0.3) is 0 Å². The molecule has 4 nitrogen and oxygen atoms in total. The normalized spacial score (nSPS) is 16.2. The topological polar surface area (TPSA) is 58.5 Å². The molecule has 0 saturated heterocycles. The Morgan fingerprint density at radius 3 is 2.63 bits per heavy atom. The van der Waals surface area contributed by atoms with E-state index in [2.05, 4.69) is 21.2 Å². The third kappa shape index (κ3) is 3.96. The molecule has 2 N–H and O–H groups in total. The van der Waals surface area contributed by atoms with Gasteiger partial charge in [-0.25, -0.2) is 0 Å². The van der Waals surface area contributed by atoms with E-state index in [1.54, 1.807) is 18.4 Å². The summed E-state index contributed by atoms with van der Waals surface area (Å²) < 4.78 is 11.4. The molecule has 0 aliphatic rings. The molecule has 0 radical (unpaired) electrons. The highest BCUT2D eigenvalue weighted by Gasteiger charge is 2.18. The molecule has 5 heteroatoms. The lowest BCUT2D eigenvalue weighted by Gasteiger charge is -2.20. The Kier molecular flexibility index (Phi) is 4.85. The monoisotopic (exact) mass is 327 g/mol. The van der Waals surface area contributed by atoms with Crippen molar-refractivity contribution in [2.75, 3.05) is 0 Å². The van der Waals surface area contributed by atoms with Gasteiger partial charge in [-0.1, -0.05) is 0 Å². The largest absolute Gasteiger partial charge is 0.467 e. The molecule has 2 rings (SSSR count). The van der Waals surface area contributed by atoms with Crippen molar-refractivity contribution in [3.63, 3.8) is 0 Å². The molecule has 0 aliphatic heterocycles. The van der Waals surface area contributed by atoms with E-state index in [0.717, 1.165) is 10.4 Å². The minimum atomic E-state index is -0.590. The number of hydrogen-bond donors (Lipinski definition) is 2. The Bertz CT molecular complexity index is 495. The summed E-state index contributed by atoms with van der Waals surface area (Å²) in [4.78, 5) is 0. The molecule has 19 heavy (non-hydrogen) atoms. The quantitative estimate of drug-likeness (QED) is 0.847. The lowest BCUT2D eigenvalue weighted by atomic mass is 10.1. The number of halogens is 1. The zero-order chi connectivity index (χ0) is 13.8. The van der Waals surface area contributed by atoms with Crippen molar-refractivity contribution in [2.45, 2.75) is 38.5 Å². The first-order chi connectivity index (χ1) is 9.06. The van der Waals surface area contributed by atoms with Crippen molar-refractivity contribution in [3.8, 4) is 0 Å². The molecule has 0 unspecified atom stereocenters. The molecule has 2 heterocycles. The van der Waals surface area contributed by atoms with Crippen LogP contribution in [0.5, 0.6) is 0 Å². The Hall–Kier alpha value is -1.04. The van der Waals surface area contributed by atoms with Crippen molar-refractivity contribution in [1.29, 1.82) is 0 Å². The molecular weight excluding hydrogens is 310 g/mol. The Morgan fingerprint density at radius 2 is 2.05 bits per heavy atom. The van der Waals surface area contributed by atoms with Gasteiger partial charge in [-0.3, -0.25) is 0 Å². The van der Waals surface area contributed by atoms with E-state index >= 15 is 0 Å². The van der Waals surface area contributed by atoms with Crippen molar-refractivity contribution < 1.29 is 13.9 Å². The maximum atomic E-state index is 10.0. The number of nitrogens with one attached hydrogen (secondary N) is 1. The van der Waals surface area contributed by atoms with E-state index in [-0.39, 0.29) is 12.1 Å². The fourth-order valence-corrected chi connectivity index (χ4v) is 2.39. The summed E-state index contributed by atoms with van der Waals surface area (Å²) >= 11 is 3.29. The summed E-state index contributed by atoms with van der Waals surface area (Å²) in [7, 11) is 0. The summed E-state index contributed by atoms with van der Waals surface area (Å²) in [6.07, 6.45) is 1.56. The van der Waals surface area contributed by atoms with Crippen molar-refractivity contribution in [3.05, 3.63) is 46.7 Å². The molecule has 104 valence electrons. The minimum Gasteiger partial charge on any atom is -0.467 e. The van der Waals surface area contributed by atoms with Gasteiger partial charge in [-0.15, -0.1) is 0 Å². The first kappa shape index (κ1) is 14.4.